The van der Waals surface area contributed by atoms with Gasteiger partial charge in [-0.3, -0.25) is 14.4 Å². The molecule has 12 nitrogen and oxygen atoms in total. The van der Waals surface area contributed by atoms with Crippen LogP contribution in [0.5, 0.6) is 11.5 Å². The van der Waals surface area contributed by atoms with Crippen LogP contribution in [0.25, 0.3) is 0 Å². The third-order valence-electron chi connectivity index (χ3n) is 11.1. The summed E-state index contributed by atoms with van der Waals surface area (Å²) < 4.78 is 28.4. The third-order valence-corrected chi connectivity index (χ3v) is 11.9. The van der Waals surface area contributed by atoms with E-state index in [0.29, 0.717) is 64.1 Å². The summed E-state index contributed by atoms with van der Waals surface area (Å²) in [5.74, 6) is -0.350. The SMILES string of the molecule is CCCCCCCCCCC[C@@H](CC(=O)N[C@@H]1[C@@H](OC(=O)CCCCCCCOc2cc(Cl)cc(Cl)c2)[C@H](O)[C@@H](CO)O[C@H]1O)OC(=O)CCCCCCCOc1cc(Cl)cc(Cl)c1. The van der Waals surface area contributed by atoms with Crippen molar-refractivity contribution in [3.63, 3.8) is 0 Å². The van der Waals surface area contributed by atoms with E-state index in [0.717, 1.165) is 77.0 Å². The van der Waals surface area contributed by atoms with Gasteiger partial charge in [-0.25, -0.2) is 0 Å². The number of benzene rings is 2. The summed E-state index contributed by atoms with van der Waals surface area (Å²) in [6.45, 7) is 2.57. The Morgan fingerprint density at radius 2 is 1.09 bits per heavy atom. The van der Waals surface area contributed by atoms with Crippen molar-refractivity contribution in [3.8, 4) is 11.5 Å². The first-order valence-corrected chi connectivity index (χ1v) is 24.9. The number of aliphatic hydroxyl groups excluding tert-OH is 3. The summed E-state index contributed by atoms with van der Waals surface area (Å²) in [5, 5.41) is 36.4. The maximum absolute atomic E-state index is 13.6. The van der Waals surface area contributed by atoms with Gasteiger partial charge in [0.2, 0.25) is 5.91 Å². The van der Waals surface area contributed by atoms with Crippen LogP contribution in [0.4, 0.5) is 0 Å². The molecule has 0 radical (unpaired) electrons. The van der Waals surface area contributed by atoms with E-state index in [1.54, 1.807) is 36.4 Å². The molecule has 1 amide bonds. The van der Waals surface area contributed by atoms with Gasteiger partial charge in [0.15, 0.2) is 12.4 Å². The molecule has 1 saturated heterocycles. The number of esters is 2. The molecule has 0 bridgehead atoms. The molecule has 2 aromatic carbocycles. The lowest BCUT2D eigenvalue weighted by Gasteiger charge is -2.42. The molecule has 4 N–H and O–H groups in total. The Hall–Kier alpha value is -2.55. The Kier molecular flexibility index (Phi) is 28.8. The van der Waals surface area contributed by atoms with Crippen molar-refractivity contribution in [2.24, 2.45) is 0 Å². The van der Waals surface area contributed by atoms with Crippen molar-refractivity contribution >= 4 is 64.2 Å². The van der Waals surface area contributed by atoms with E-state index in [-0.39, 0.29) is 25.2 Å². The Labute approximate surface area is 400 Å². The van der Waals surface area contributed by atoms with Gasteiger partial charge in [-0.15, -0.1) is 0 Å². The van der Waals surface area contributed by atoms with Gasteiger partial charge in [0.25, 0.3) is 0 Å². The van der Waals surface area contributed by atoms with Crippen LogP contribution in [0.3, 0.4) is 0 Å². The number of carbonyl (C=O) groups excluding carboxylic acids is 3. The van der Waals surface area contributed by atoms with Crippen LogP contribution in [-0.2, 0) is 28.6 Å². The Balaban J connectivity index is 1.45. The van der Waals surface area contributed by atoms with Crippen LogP contribution >= 0.6 is 46.4 Å². The lowest BCUT2D eigenvalue weighted by molar-refractivity contribution is -0.259. The molecular weight excluding hydrogens is 908 g/mol. The predicted octanol–water partition coefficient (Wildman–Crippen LogP) is 11.1. The molecule has 64 heavy (non-hydrogen) atoms. The van der Waals surface area contributed by atoms with Gasteiger partial charge in [0, 0.05) is 32.9 Å². The van der Waals surface area contributed by atoms with E-state index in [1.807, 2.05) is 0 Å². The minimum Gasteiger partial charge on any atom is -0.493 e. The molecule has 1 aliphatic rings. The van der Waals surface area contributed by atoms with Gasteiger partial charge in [-0.05, 0) is 74.9 Å². The van der Waals surface area contributed by atoms with Crippen LogP contribution < -0.4 is 14.8 Å². The minimum absolute atomic E-state index is 0.0486. The van der Waals surface area contributed by atoms with Crippen LogP contribution in [-0.4, -0.2) is 89.7 Å². The summed E-state index contributed by atoms with van der Waals surface area (Å²) in [5.41, 5.74) is 0. The highest BCUT2D eigenvalue weighted by Gasteiger charge is 2.47. The molecule has 1 fully saturated rings. The van der Waals surface area contributed by atoms with Crippen molar-refractivity contribution in [1.82, 2.24) is 5.32 Å². The Morgan fingerprint density at radius 1 is 0.641 bits per heavy atom. The number of unbranched alkanes of at least 4 members (excludes halogenated alkanes) is 16. The maximum Gasteiger partial charge on any atom is 0.306 e. The number of carbonyl (C=O) groups is 3. The fourth-order valence-corrected chi connectivity index (χ4v) is 8.59. The van der Waals surface area contributed by atoms with Gasteiger partial charge < -0.3 is 44.3 Å². The normalized spacial score (nSPS) is 18.9. The van der Waals surface area contributed by atoms with E-state index in [2.05, 4.69) is 12.2 Å². The van der Waals surface area contributed by atoms with E-state index < -0.39 is 55.2 Å². The number of amides is 1. The molecule has 0 aromatic heterocycles. The monoisotopic (exact) mass is 977 g/mol. The van der Waals surface area contributed by atoms with Gasteiger partial charge in [-0.2, -0.15) is 0 Å². The fraction of sp³-hybridized carbons (Fsp3) is 0.688. The summed E-state index contributed by atoms with van der Waals surface area (Å²) in [7, 11) is 0. The number of nitrogens with one attached hydrogen (secondary N) is 1. The second kappa shape index (κ2) is 33.0. The average Bonchev–Trinajstić information content (AvgIpc) is 3.23. The summed E-state index contributed by atoms with van der Waals surface area (Å²) >= 11 is 24.1. The van der Waals surface area contributed by atoms with Crippen molar-refractivity contribution < 1.29 is 53.4 Å². The first-order chi connectivity index (χ1) is 30.9. The number of ether oxygens (including phenoxy) is 5. The highest BCUT2D eigenvalue weighted by Crippen LogP contribution is 2.27. The van der Waals surface area contributed by atoms with Crippen molar-refractivity contribution in [2.45, 2.75) is 191 Å². The maximum atomic E-state index is 13.6. The number of hydrogen-bond donors (Lipinski definition) is 4. The van der Waals surface area contributed by atoms with E-state index in [1.165, 1.54) is 32.1 Å². The van der Waals surface area contributed by atoms with Crippen molar-refractivity contribution in [1.29, 1.82) is 0 Å². The molecule has 0 unspecified atom stereocenters. The van der Waals surface area contributed by atoms with Crippen molar-refractivity contribution in [2.75, 3.05) is 19.8 Å². The zero-order valence-electron chi connectivity index (χ0n) is 37.4. The number of rotatable bonds is 34. The summed E-state index contributed by atoms with van der Waals surface area (Å²) in [6.07, 6.45) is 11.9. The quantitative estimate of drug-likeness (QED) is 0.0389. The third kappa shape index (κ3) is 23.8. The van der Waals surface area contributed by atoms with Crippen LogP contribution in [0.2, 0.25) is 20.1 Å². The number of hydrogen-bond acceptors (Lipinski definition) is 11. The molecule has 6 atom stereocenters. The molecule has 0 spiro atoms. The highest BCUT2D eigenvalue weighted by molar-refractivity contribution is 6.35. The molecule has 0 saturated carbocycles. The van der Waals surface area contributed by atoms with Gasteiger partial charge in [0.1, 0.15) is 35.9 Å². The highest BCUT2D eigenvalue weighted by atomic mass is 35.5. The Bertz CT molecular complexity index is 1600. The Morgan fingerprint density at radius 3 is 1.59 bits per heavy atom. The molecule has 1 aliphatic heterocycles. The fourth-order valence-electron chi connectivity index (χ4n) is 7.58. The number of aliphatic hydroxyl groups is 3. The topological polar surface area (TPSA) is 170 Å². The van der Waals surface area contributed by atoms with Gasteiger partial charge in [-0.1, -0.05) is 143 Å². The molecule has 2 aromatic rings. The largest absolute Gasteiger partial charge is 0.493 e. The van der Waals surface area contributed by atoms with Crippen LogP contribution in [0.15, 0.2) is 36.4 Å². The smallest absolute Gasteiger partial charge is 0.306 e. The minimum atomic E-state index is -1.69. The van der Waals surface area contributed by atoms with E-state index in [9.17, 15) is 29.7 Å². The van der Waals surface area contributed by atoms with E-state index in [4.69, 9.17) is 70.1 Å². The van der Waals surface area contributed by atoms with Crippen LogP contribution in [0.1, 0.15) is 155 Å². The summed E-state index contributed by atoms with van der Waals surface area (Å²) in [4.78, 5) is 39.6. The second-order valence-electron chi connectivity index (χ2n) is 16.7. The lowest BCUT2D eigenvalue weighted by atomic mass is 9.96. The van der Waals surface area contributed by atoms with Crippen molar-refractivity contribution in [3.05, 3.63) is 56.5 Å². The summed E-state index contributed by atoms with van der Waals surface area (Å²) in [6, 6.07) is 8.80. The zero-order chi connectivity index (χ0) is 46.5. The second-order valence-corrected chi connectivity index (χ2v) is 18.4. The molecule has 3 rings (SSSR count). The molecule has 16 heteroatoms. The first kappa shape index (κ1) is 55.8. The predicted molar refractivity (Wildman–Crippen MR) is 251 cm³/mol. The average molecular weight is 980 g/mol. The lowest BCUT2D eigenvalue weighted by Crippen LogP contribution is -2.65. The standard InChI is InChI=1S/C48H71Cl4NO11/c1-2-3-4-5-6-7-8-11-16-21-38(62-43(56)22-17-12-9-14-19-24-60-39-28-34(49)26-35(50)29-39)32-42(55)53-45-47(46(58)41(33-54)63-48(45)59)64-44(57)23-18-13-10-15-20-25-61-40-30-36(51)27-37(52)31-40/h26-31,38,41,45-48,54,58-59H,2-25,32-33H2,1H3,(H,53,55)/t38-,41+,45+,46+,47+,48+/m0/s1. The van der Waals surface area contributed by atoms with Crippen LogP contribution in [0, 0.1) is 0 Å². The zero-order valence-corrected chi connectivity index (χ0v) is 40.5. The van der Waals surface area contributed by atoms with Gasteiger partial charge in [0.05, 0.1) is 26.2 Å². The molecule has 1 heterocycles. The molecule has 362 valence electrons. The molecule has 0 aliphatic carbocycles. The first-order valence-electron chi connectivity index (χ1n) is 23.4. The number of halogens is 4. The molecular formula is C48H71Cl4NO11. The van der Waals surface area contributed by atoms with E-state index >= 15 is 0 Å². The van der Waals surface area contributed by atoms with Gasteiger partial charge >= 0.3 is 11.9 Å².